The zero-order valence-electron chi connectivity index (χ0n) is 19.5. The number of hydrogen-bond acceptors (Lipinski definition) is 10. The monoisotopic (exact) mass is 513 g/mol. The van der Waals surface area contributed by atoms with Crippen molar-refractivity contribution < 1.29 is 19.1 Å². The third kappa shape index (κ3) is 5.46. The highest BCUT2D eigenvalue weighted by atomic mass is 32.1. The van der Waals surface area contributed by atoms with E-state index in [1.54, 1.807) is 5.38 Å². The van der Waals surface area contributed by atoms with Gasteiger partial charge in [0.2, 0.25) is 10.3 Å². The van der Waals surface area contributed by atoms with E-state index in [1.165, 1.54) is 28.2 Å². The second-order valence-electron chi connectivity index (χ2n) is 8.52. The molecule has 1 fully saturated rings. The van der Waals surface area contributed by atoms with Crippen LogP contribution in [-0.4, -0.2) is 53.4 Å². The van der Waals surface area contributed by atoms with E-state index in [4.69, 9.17) is 9.47 Å². The quantitative estimate of drug-likeness (QED) is 0.483. The highest BCUT2D eigenvalue weighted by molar-refractivity contribution is 7.19. The van der Waals surface area contributed by atoms with Gasteiger partial charge in [-0.25, -0.2) is 4.98 Å². The number of fused-ring (bicyclic) bond motifs is 1. The SMILES string of the molecule is CCOC(=O)C1CCCCN(c2nnc(NC(=O)c3csc(-c4ccc5c(c4)CCO5)n3)s2)CC1. The molecule has 2 aliphatic rings. The van der Waals surface area contributed by atoms with E-state index >= 15 is 0 Å². The fourth-order valence-electron chi connectivity index (χ4n) is 4.33. The summed E-state index contributed by atoms with van der Waals surface area (Å²) < 4.78 is 10.8. The standard InChI is InChI=1S/C24H27N5O4S2/c1-2-32-22(31)15-5-3-4-10-29(11-8-15)24-28-27-23(35-24)26-20(30)18-14-34-21(25-18)17-6-7-19-16(13-17)9-12-33-19/h6-7,13-15H,2-5,8-12H2,1H3,(H,26,27,30). The Morgan fingerprint density at radius 2 is 2.14 bits per heavy atom. The number of anilines is 2. The lowest BCUT2D eigenvalue weighted by atomic mass is 9.96. The number of esters is 1. The van der Waals surface area contributed by atoms with E-state index in [-0.39, 0.29) is 17.8 Å². The Hall–Kier alpha value is -3.05. The summed E-state index contributed by atoms with van der Waals surface area (Å²) in [6, 6.07) is 6.01. The van der Waals surface area contributed by atoms with Crippen molar-refractivity contribution >= 4 is 44.8 Å². The molecule has 3 aromatic rings. The van der Waals surface area contributed by atoms with Crippen LogP contribution in [0.5, 0.6) is 5.75 Å². The van der Waals surface area contributed by atoms with Gasteiger partial charge in [0.15, 0.2) is 0 Å². The van der Waals surface area contributed by atoms with Crippen molar-refractivity contribution in [2.24, 2.45) is 5.92 Å². The summed E-state index contributed by atoms with van der Waals surface area (Å²) in [7, 11) is 0. The third-order valence-corrected chi connectivity index (χ3v) is 7.97. The fraction of sp³-hybridized carbons (Fsp3) is 0.458. The van der Waals surface area contributed by atoms with Crippen LogP contribution in [0.1, 0.15) is 48.7 Å². The molecule has 0 bridgehead atoms. The van der Waals surface area contributed by atoms with Crippen molar-refractivity contribution in [2.45, 2.75) is 39.0 Å². The Morgan fingerprint density at radius 3 is 3.03 bits per heavy atom. The molecule has 35 heavy (non-hydrogen) atoms. The topological polar surface area (TPSA) is 107 Å². The zero-order valence-corrected chi connectivity index (χ0v) is 21.1. The van der Waals surface area contributed by atoms with E-state index in [1.807, 2.05) is 19.1 Å². The maximum absolute atomic E-state index is 12.8. The van der Waals surface area contributed by atoms with Gasteiger partial charge in [0.25, 0.3) is 5.91 Å². The van der Waals surface area contributed by atoms with E-state index in [0.717, 1.165) is 60.1 Å². The second-order valence-corrected chi connectivity index (χ2v) is 10.3. The van der Waals surface area contributed by atoms with E-state index in [0.29, 0.717) is 30.6 Å². The van der Waals surface area contributed by atoms with Crippen LogP contribution in [0.4, 0.5) is 10.3 Å². The number of amides is 1. The minimum absolute atomic E-state index is 0.0816. The maximum Gasteiger partial charge on any atom is 0.308 e. The maximum atomic E-state index is 12.8. The number of aromatic nitrogens is 3. The van der Waals surface area contributed by atoms with Crippen molar-refractivity contribution in [2.75, 3.05) is 36.5 Å². The van der Waals surface area contributed by atoms with Crippen molar-refractivity contribution in [1.29, 1.82) is 0 Å². The first-order valence-electron chi connectivity index (χ1n) is 11.9. The molecular weight excluding hydrogens is 486 g/mol. The molecule has 0 spiro atoms. The Bertz CT molecular complexity index is 1210. The lowest BCUT2D eigenvalue weighted by molar-refractivity contribution is -0.148. The van der Waals surface area contributed by atoms with E-state index in [2.05, 4.69) is 31.5 Å². The molecule has 1 amide bonds. The second kappa shape index (κ2) is 10.7. The van der Waals surface area contributed by atoms with Crippen LogP contribution in [0, 0.1) is 5.92 Å². The van der Waals surface area contributed by atoms with Crippen LogP contribution >= 0.6 is 22.7 Å². The Balaban J connectivity index is 1.21. The van der Waals surface area contributed by atoms with Gasteiger partial charge < -0.3 is 14.4 Å². The normalized spacial score (nSPS) is 17.7. The number of hydrogen-bond donors (Lipinski definition) is 1. The molecule has 11 heteroatoms. The number of ether oxygens (including phenoxy) is 2. The molecule has 2 aliphatic heterocycles. The first-order chi connectivity index (χ1) is 17.1. The molecule has 0 saturated carbocycles. The molecule has 5 rings (SSSR count). The number of thiazole rings is 1. The summed E-state index contributed by atoms with van der Waals surface area (Å²) in [6.07, 6.45) is 4.40. The molecule has 0 aliphatic carbocycles. The number of benzene rings is 1. The van der Waals surface area contributed by atoms with Gasteiger partial charge in [0, 0.05) is 30.5 Å². The van der Waals surface area contributed by atoms with Gasteiger partial charge in [0.1, 0.15) is 16.5 Å². The predicted molar refractivity (Wildman–Crippen MR) is 135 cm³/mol. The van der Waals surface area contributed by atoms with Gasteiger partial charge in [0.05, 0.1) is 19.1 Å². The van der Waals surface area contributed by atoms with Crippen molar-refractivity contribution in [3.63, 3.8) is 0 Å². The Morgan fingerprint density at radius 1 is 1.23 bits per heavy atom. The van der Waals surface area contributed by atoms with Crippen molar-refractivity contribution in [3.8, 4) is 16.3 Å². The lowest BCUT2D eigenvalue weighted by Gasteiger charge is -2.26. The van der Waals surface area contributed by atoms with E-state index < -0.39 is 0 Å². The average molecular weight is 514 g/mol. The van der Waals surface area contributed by atoms with Crippen LogP contribution < -0.4 is 15.0 Å². The summed E-state index contributed by atoms with van der Waals surface area (Å²) in [5.41, 5.74) is 2.50. The van der Waals surface area contributed by atoms with Crippen molar-refractivity contribution in [1.82, 2.24) is 15.2 Å². The van der Waals surface area contributed by atoms with Crippen LogP contribution in [-0.2, 0) is 16.0 Å². The molecule has 1 unspecified atom stereocenters. The zero-order chi connectivity index (χ0) is 24.2. The highest BCUT2D eigenvalue weighted by Crippen LogP contribution is 2.32. The summed E-state index contributed by atoms with van der Waals surface area (Å²) in [5, 5.41) is 15.0. The number of rotatable bonds is 6. The van der Waals surface area contributed by atoms with Gasteiger partial charge in [-0.3, -0.25) is 14.9 Å². The summed E-state index contributed by atoms with van der Waals surface area (Å²) in [5.74, 6) is 0.416. The van der Waals surface area contributed by atoms with Gasteiger partial charge >= 0.3 is 5.97 Å². The minimum Gasteiger partial charge on any atom is -0.493 e. The molecule has 1 N–H and O–H groups in total. The summed E-state index contributed by atoms with van der Waals surface area (Å²) in [6.45, 7) is 4.49. The van der Waals surface area contributed by atoms with Crippen LogP contribution in [0.3, 0.4) is 0 Å². The van der Waals surface area contributed by atoms with Crippen LogP contribution in [0.25, 0.3) is 10.6 Å². The Labute approximate surface area is 211 Å². The van der Waals surface area contributed by atoms with Crippen LogP contribution in [0.2, 0.25) is 0 Å². The number of carbonyl (C=O) groups is 2. The van der Waals surface area contributed by atoms with Gasteiger partial charge in [-0.2, -0.15) is 0 Å². The number of carbonyl (C=O) groups excluding carboxylic acids is 2. The predicted octanol–water partition coefficient (Wildman–Crippen LogP) is 4.41. The molecule has 1 aromatic carbocycles. The first kappa shape index (κ1) is 23.7. The first-order valence-corrected chi connectivity index (χ1v) is 13.6. The molecule has 4 heterocycles. The minimum atomic E-state index is -0.310. The Kier molecular flexibility index (Phi) is 7.24. The van der Waals surface area contributed by atoms with Crippen LogP contribution in [0.15, 0.2) is 23.6 Å². The smallest absolute Gasteiger partial charge is 0.308 e. The lowest BCUT2D eigenvalue weighted by Crippen LogP contribution is -2.31. The molecule has 0 radical (unpaired) electrons. The molecular formula is C24H27N5O4S2. The van der Waals surface area contributed by atoms with Crippen molar-refractivity contribution in [3.05, 3.63) is 34.8 Å². The van der Waals surface area contributed by atoms with Gasteiger partial charge in [-0.15, -0.1) is 21.5 Å². The summed E-state index contributed by atoms with van der Waals surface area (Å²) >= 11 is 2.77. The molecule has 9 nitrogen and oxygen atoms in total. The van der Waals surface area contributed by atoms with E-state index in [9.17, 15) is 9.59 Å². The third-order valence-electron chi connectivity index (χ3n) is 6.18. The molecule has 2 aromatic heterocycles. The van der Waals surface area contributed by atoms with Gasteiger partial charge in [-0.1, -0.05) is 17.8 Å². The molecule has 1 saturated heterocycles. The average Bonchev–Trinajstić information content (AvgIpc) is 3.59. The summed E-state index contributed by atoms with van der Waals surface area (Å²) in [4.78, 5) is 31.6. The largest absolute Gasteiger partial charge is 0.493 e. The highest BCUT2D eigenvalue weighted by Gasteiger charge is 2.24. The number of nitrogens with zero attached hydrogens (tertiary/aromatic N) is 4. The fourth-order valence-corrected chi connectivity index (χ4v) is 5.92. The number of nitrogens with one attached hydrogen (secondary N) is 1. The van der Waals surface area contributed by atoms with Gasteiger partial charge in [-0.05, 0) is 49.9 Å². The molecule has 1 atom stereocenters. The molecule has 184 valence electrons.